The Morgan fingerprint density at radius 1 is 0.667 bits per heavy atom. The van der Waals surface area contributed by atoms with Crippen molar-refractivity contribution in [2.24, 2.45) is 35.5 Å². The van der Waals surface area contributed by atoms with Crippen molar-refractivity contribution < 1.29 is 0 Å². The Morgan fingerprint density at radius 3 is 1.27 bits per heavy atom. The van der Waals surface area contributed by atoms with Crippen LogP contribution in [0.3, 0.4) is 0 Å². The van der Waals surface area contributed by atoms with Gasteiger partial charge < -0.3 is 0 Å². The molecule has 0 aromatic heterocycles. The third-order valence-corrected chi connectivity index (χ3v) is 4.15. The lowest BCUT2D eigenvalue weighted by Gasteiger charge is -2.37. The van der Waals surface area contributed by atoms with Crippen LogP contribution in [-0.4, -0.2) is 0 Å². The highest BCUT2D eigenvalue weighted by Crippen LogP contribution is 2.37. The maximum absolute atomic E-state index is 2.47. The first-order chi connectivity index (χ1) is 6.82. The second-order valence-electron chi connectivity index (χ2n) is 6.24. The molecule has 0 spiro atoms. The molecular weight excluding hydrogens is 180 g/mol. The first-order valence-corrected chi connectivity index (χ1v) is 6.82. The first-order valence-electron chi connectivity index (χ1n) is 6.82. The van der Waals surface area contributed by atoms with E-state index in [-0.39, 0.29) is 0 Å². The summed E-state index contributed by atoms with van der Waals surface area (Å²) in [5, 5.41) is 0. The van der Waals surface area contributed by atoms with Crippen molar-refractivity contribution in [3.8, 4) is 0 Å². The van der Waals surface area contributed by atoms with Gasteiger partial charge in [-0.3, -0.25) is 0 Å². The van der Waals surface area contributed by atoms with Crippen molar-refractivity contribution in [3.05, 3.63) is 0 Å². The number of hydrogen-bond donors (Lipinski definition) is 0. The zero-order chi connectivity index (χ0) is 12.2. The molecule has 0 aromatic rings. The predicted octanol–water partition coefficient (Wildman–Crippen LogP) is 5.23. The molecule has 0 saturated heterocycles. The smallest absolute Gasteiger partial charge is 0.0339 e. The normalized spacial score (nSPS) is 16.8. The van der Waals surface area contributed by atoms with Gasteiger partial charge in [-0.1, -0.05) is 61.8 Å². The van der Waals surface area contributed by atoms with Crippen LogP contribution in [0.5, 0.6) is 0 Å². The van der Waals surface area contributed by atoms with Gasteiger partial charge in [0.25, 0.3) is 0 Å². The lowest BCUT2D eigenvalue weighted by molar-refractivity contribution is 0.113. The minimum Gasteiger partial charge on any atom is -0.0651 e. The highest BCUT2D eigenvalue weighted by Gasteiger charge is 2.30. The highest BCUT2D eigenvalue weighted by atomic mass is 14.4. The molecule has 0 amide bonds. The van der Waals surface area contributed by atoms with Crippen molar-refractivity contribution in [1.82, 2.24) is 0 Å². The van der Waals surface area contributed by atoms with Crippen LogP contribution in [0.4, 0.5) is 0 Å². The molecule has 0 aromatic carbocycles. The van der Waals surface area contributed by atoms with E-state index in [2.05, 4.69) is 55.4 Å². The van der Waals surface area contributed by atoms with Gasteiger partial charge in [0.05, 0.1) is 0 Å². The zero-order valence-corrected chi connectivity index (χ0v) is 12.2. The molecule has 0 saturated carbocycles. The Morgan fingerprint density at radius 2 is 1.07 bits per heavy atom. The van der Waals surface area contributed by atoms with Crippen LogP contribution in [0.2, 0.25) is 0 Å². The van der Waals surface area contributed by atoms with Gasteiger partial charge in [-0.25, -0.2) is 0 Å². The lowest BCUT2D eigenvalue weighted by atomic mass is 9.68. The topological polar surface area (TPSA) is 0 Å². The lowest BCUT2D eigenvalue weighted by Crippen LogP contribution is -2.31. The molecule has 0 radical (unpaired) electrons. The highest BCUT2D eigenvalue weighted by molar-refractivity contribution is 4.79. The second-order valence-corrected chi connectivity index (χ2v) is 6.24. The summed E-state index contributed by atoms with van der Waals surface area (Å²) in [6, 6.07) is 0. The predicted molar refractivity (Wildman–Crippen MR) is 70.9 cm³/mol. The summed E-state index contributed by atoms with van der Waals surface area (Å²) < 4.78 is 0. The van der Waals surface area contributed by atoms with Gasteiger partial charge in [-0.15, -0.1) is 0 Å². The van der Waals surface area contributed by atoms with E-state index in [4.69, 9.17) is 0 Å². The average molecular weight is 212 g/mol. The SMILES string of the molecule is CCC(C(C)C)C(C)C(C(C)C)C(C)C. The molecule has 0 aliphatic rings. The molecule has 0 aliphatic heterocycles. The van der Waals surface area contributed by atoms with Crippen LogP contribution in [0.1, 0.15) is 61.8 Å². The molecule has 0 bridgehead atoms. The van der Waals surface area contributed by atoms with Crippen LogP contribution in [-0.2, 0) is 0 Å². The Kier molecular flexibility index (Phi) is 6.55. The van der Waals surface area contributed by atoms with Gasteiger partial charge >= 0.3 is 0 Å². The van der Waals surface area contributed by atoms with Gasteiger partial charge in [0.1, 0.15) is 0 Å². The fraction of sp³-hybridized carbons (Fsp3) is 1.00. The van der Waals surface area contributed by atoms with E-state index in [1.807, 2.05) is 0 Å². The van der Waals surface area contributed by atoms with Gasteiger partial charge in [0, 0.05) is 0 Å². The van der Waals surface area contributed by atoms with E-state index in [0.29, 0.717) is 0 Å². The Bertz CT molecular complexity index is 147. The number of hydrogen-bond acceptors (Lipinski definition) is 0. The summed E-state index contributed by atoms with van der Waals surface area (Å²) in [6.45, 7) is 19.1. The summed E-state index contributed by atoms with van der Waals surface area (Å²) in [6.07, 6.45) is 1.33. The summed E-state index contributed by atoms with van der Waals surface area (Å²) >= 11 is 0. The van der Waals surface area contributed by atoms with Gasteiger partial charge in [0.15, 0.2) is 0 Å². The molecule has 0 aliphatic carbocycles. The van der Waals surface area contributed by atoms with Crippen molar-refractivity contribution in [2.45, 2.75) is 61.8 Å². The molecule has 2 atom stereocenters. The maximum Gasteiger partial charge on any atom is -0.0339 e. The molecule has 0 rings (SSSR count). The first kappa shape index (κ1) is 15.0. The average Bonchev–Trinajstić information content (AvgIpc) is 2.02. The van der Waals surface area contributed by atoms with Crippen molar-refractivity contribution in [2.75, 3.05) is 0 Å². The van der Waals surface area contributed by atoms with E-state index < -0.39 is 0 Å². The van der Waals surface area contributed by atoms with Gasteiger partial charge in [0.2, 0.25) is 0 Å². The van der Waals surface area contributed by atoms with Crippen molar-refractivity contribution in [3.63, 3.8) is 0 Å². The molecule has 0 heteroatoms. The van der Waals surface area contributed by atoms with Gasteiger partial charge in [-0.2, -0.15) is 0 Å². The largest absolute Gasteiger partial charge is 0.0651 e. The summed E-state index contributed by atoms with van der Waals surface area (Å²) in [7, 11) is 0. The molecule has 15 heavy (non-hydrogen) atoms. The van der Waals surface area contributed by atoms with E-state index >= 15 is 0 Å². The quantitative estimate of drug-likeness (QED) is 0.565. The fourth-order valence-corrected chi connectivity index (χ4v) is 3.72. The monoisotopic (exact) mass is 212 g/mol. The van der Waals surface area contributed by atoms with E-state index in [1.54, 1.807) is 0 Å². The molecule has 92 valence electrons. The molecular formula is C15H32. The zero-order valence-electron chi connectivity index (χ0n) is 12.2. The van der Waals surface area contributed by atoms with Crippen LogP contribution < -0.4 is 0 Å². The molecule has 0 heterocycles. The van der Waals surface area contributed by atoms with E-state index in [0.717, 1.165) is 35.5 Å². The third kappa shape index (κ3) is 4.17. The standard InChI is InChI=1S/C15H32/c1-9-14(10(2)3)13(8)15(11(4)5)12(6)7/h10-15H,9H2,1-8H3. The maximum atomic E-state index is 2.47. The van der Waals surface area contributed by atoms with Gasteiger partial charge in [-0.05, 0) is 35.5 Å². The molecule has 0 fully saturated rings. The molecule has 0 nitrogen and oxygen atoms in total. The number of rotatable bonds is 6. The molecule has 0 N–H and O–H groups in total. The molecule has 2 unspecified atom stereocenters. The Balaban J connectivity index is 4.67. The Hall–Kier alpha value is 0. The van der Waals surface area contributed by atoms with Crippen molar-refractivity contribution in [1.29, 1.82) is 0 Å². The fourth-order valence-electron chi connectivity index (χ4n) is 3.72. The second kappa shape index (κ2) is 6.55. The summed E-state index contributed by atoms with van der Waals surface area (Å²) in [4.78, 5) is 0. The summed E-state index contributed by atoms with van der Waals surface area (Å²) in [5.74, 6) is 5.07. The van der Waals surface area contributed by atoms with Crippen LogP contribution >= 0.6 is 0 Å². The minimum absolute atomic E-state index is 0.813. The Labute approximate surface area is 97.8 Å². The van der Waals surface area contributed by atoms with E-state index in [9.17, 15) is 0 Å². The van der Waals surface area contributed by atoms with Crippen LogP contribution in [0, 0.1) is 35.5 Å². The van der Waals surface area contributed by atoms with Crippen LogP contribution in [0.25, 0.3) is 0 Å². The summed E-state index contributed by atoms with van der Waals surface area (Å²) in [5.41, 5.74) is 0. The third-order valence-electron chi connectivity index (χ3n) is 4.15. The van der Waals surface area contributed by atoms with Crippen LogP contribution in [0.15, 0.2) is 0 Å². The van der Waals surface area contributed by atoms with E-state index in [1.165, 1.54) is 6.42 Å². The van der Waals surface area contributed by atoms with Crippen molar-refractivity contribution >= 4 is 0 Å². The minimum atomic E-state index is 0.813.